The smallest absolute Gasteiger partial charge is 0.345 e. The molecule has 0 saturated carbocycles. The molecular formula is C9H11F2IO4S. The lowest BCUT2D eigenvalue weighted by Crippen LogP contribution is -2.11. The van der Waals surface area contributed by atoms with E-state index in [1.807, 2.05) is 0 Å². The van der Waals surface area contributed by atoms with Gasteiger partial charge < -0.3 is 13.7 Å². The SMILES string of the molecule is CCO/C=C(\C(=O)OCC)C(OSI)=C(F)F. The topological polar surface area (TPSA) is 44.8 Å². The standard InChI is InChI=1S/C9H11F2IO4S/c1-3-14-5-6(9(13)15-4-2)7(8(10)11)16-17-12/h5H,3-4H2,1-2H3/b6-5-. The van der Waals surface area contributed by atoms with Crippen molar-refractivity contribution in [2.45, 2.75) is 13.8 Å². The second-order valence-corrected chi connectivity index (χ2v) is 3.81. The Kier molecular flexibility index (Phi) is 9.23. The van der Waals surface area contributed by atoms with Gasteiger partial charge in [-0.2, -0.15) is 8.78 Å². The van der Waals surface area contributed by atoms with Gasteiger partial charge in [-0.15, -0.1) is 0 Å². The van der Waals surface area contributed by atoms with Gasteiger partial charge in [-0.3, -0.25) is 0 Å². The molecule has 0 radical (unpaired) electrons. The van der Waals surface area contributed by atoms with Crippen molar-refractivity contribution in [2.75, 3.05) is 13.2 Å². The highest BCUT2D eigenvalue weighted by atomic mass is 127. The van der Waals surface area contributed by atoms with Crippen molar-refractivity contribution in [3.8, 4) is 0 Å². The minimum absolute atomic E-state index is 0.0703. The molecule has 0 bridgehead atoms. The average Bonchev–Trinajstić information content (AvgIpc) is 2.28. The first-order chi connectivity index (χ1) is 8.08. The fraction of sp³-hybridized carbons (Fsp3) is 0.444. The lowest BCUT2D eigenvalue weighted by Gasteiger charge is -2.09. The number of rotatable bonds is 7. The summed E-state index contributed by atoms with van der Waals surface area (Å²) in [6.45, 7) is 3.53. The van der Waals surface area contributed by atoms with Crippen LogP contribution in [-0.2, 0) is 18.5 Å². The van der Waals surface area contributed by atoms with Crippen LogP contribution in [0.1, 0.15) is 13.8 Å². The van der Waals surface area contributed by atoms with Crippen molar-refractivity contribution in [3.05, 3.63) is 23.7 Å². The van der Waals surface area contributed by atoms with E-state index in [0.717, 1.165) is 6.26 Å². The molecule has 0 fully saturated rings. The van der Waals surface area contributed by atoms with Crippen molar-refractivity contribution in [3.63, 3.8) is 0 Å². The second kappa shape index (κ2) is 9.51. The molecule has 0 N–H and O–H groups in total. The number of hydrogen-bond acceptors (Lipinski definition) is 5. The van der Waals surface area contributed by atoms with Crippen LogP contribution in [0.5, 0.6) is 0 Å². The molecule has 8 heteroatoms. The monoisotopic (exact) mass is 380 g/mol. The first kappa shape index (κ1) is 16.5. The van der Waals surface area contributed by atoms with Crippen LogP contribution in [0, 0.1) is 0 Å². The van der Waals surface area contributed by atoms with E-state index in [4.69, 9.17) is 4.74 Å². The van der Waals surface area contributed by atoms with Crippen LogP contribution in [0.25, 0.3) is 0 Å². The van der Waals surface area contributed by atoms with Crippen molar-refractivity contribution in [1.29, 1.82) is 0 Å². The van der Waals surface area contributed by atoms with Crippen molar-refractivity contribution < 1.29 is 27.2 Å². The minimum Gasteiger partial charge on any atom is -0.500 e. The Morgan fingerprint density at radius 1 is 1.35 bits per heavy atom. The van der Waals surface area contributed by atoms with Crippen molar-refractivity contribution in [1.82, 2.24) is 0 Å². The van der Waals surface area contributed by atoms with Crippen LogP contribution in [0.2, 0.25) is 0 Å². The fourth-order valence-electron chi connectivity index (χ4n) is 0.780. The predicted molar refractivity (Wildman–Crippen MR) is 68.3 cm³/mol. The van der Waals surface area contributed by atoms with Gasteiger partial charge in [-0.25, -0.2) is 4.79 Å². The zero-order valence-electron chi connectivity index (χ0n) is 9.17. The third kappa shape index (κ3) is 6.10. The largest absolute Gasteiger partial charge is 0.500 e. The summed E-state index contributed by atoms with van der Waals surface area (Å²) in [7, 11) is 0.663. The van der Waals surface area contributed by atoms with E-state index in [-0.39, 0.29) is 13.2 Å². The van der Waals surface area contributed by atoms with E-state index in [0.29, 0.717) is 9.21 Å². The molecule has 17 heavy (non-hydrogen) atoms. The Morgan fingerprint density at radius 2 is 2.00 bits per heavy atom. The van der Waals surface area contributed by atoms with Gasteiger partial charge >= 0.3 is 12.0 Å². The highest BCUT2D eigenvalue weighted by Gasteiger charge is 2.24. The van der Waals surface area contributed by atoms with E-state index < -0.39 is 23.4 Å². The summed E-state index contributed by atoms with van der Waals surface area (Å²) in [6, 6.07) is 0. The molecule has 0 heterocycles. The Bertz CT molecular complexity index is 316. The Labute approximate surface area is 114 Å². The van der Waals surface area contributed by atoms with E-state index in [2.05, 4.69) is 8.92 Å². The summed E-state index contributed by atoms with van der Waals surface area (Å²) in [5, 5.41) is 0. The number of carbonyl (C=O) groups is 1. The van der Waals surface area contributed by atoms with Crippen LogP contribution in [-0.4, -0.2) is 19.2 Å². The van der Waals surface area contributed by atoms with Gasteiger partial charge in [0.05, 0.1) is 13.2 Å². The summed E-state index contributed by atoms with van der Waals surface area (Å²) in [4.78, 5) is 11.4. The number of carbonyl (C=O) groups excluding carboxylic acids is 1. The Morgan fingerprint density at radius 3 is 2.41 bits per heavy atom. The zero-order chi connectivity index (χ0) is 13.3. The average molecular weight is 380 g/mol. The van der Waals surface area contributed by atoms with Gasteiger partial charge in [0.1, 0.15) is 21.0 Å². The lowest BCUT2D eigenvalue weighted by molar-refractivity contribution is -0.138. The molecule has 0 aliphatic rings. The number of ether oxygens (including phenoxy) is 2. The van der Waals surface area contributed by atoms with Crippen LogP contribution in [0.4, 0.5) is 8.78 Å². The summed E-state index contributed by atoms with van der Waals surface area (Å²) in [5.41, 5.74) is -0.446. The first-order valence-corrected chi connectivity index (χ1v) is 7.86. The first-order valence-electron chi connectivity index (χ1n) is 4.58. The van der Waals surface area contributed by atoms with Gasteiger partial charge in [0.15, 0.2) is 0 Å². The van der Waals surface area contributed by atoms with Crippen molar-refractivity contribution >= 4 is 36.4 Å². The summed E-state index contributed by atoms with van der Waals surface area (Å²) >= 11 is 1.66. The number of halogens is 3. The van der Waals surface area contributed by atoms with Crippen LogP contribution in [0.15, 0.2) is 23.7 Å². The summed E-state index contributed by atoms with van der Waals surface area (Å²) < 4.78 is 39.3. The Hall–Kier alpha value is -0.510. The van der Waals surface area contributed by atoms with Gasteiger partial charge in [-0.05, 0) is 13.8 Å². The third-order valence-electron chi connectivity index (χ3n) is 1.39. The molecule has 0 amide bonds. The predicted octanol–water partition coefficient (Wildman–Crippen LogP) is 3.59. The maximum absolute atomic E-state index is 12.6. The normalized spacial score (nSPS) is 10.8. The van der Waals surface area contributed by atoms with E-state index >= 15 is 0 Å². The number of esters is 1. The maximum Gasteiger partial charge on any atom is 0.345 e. The number of hydrogen-bond donors (Lipinski definition) is 0. The Balaban J connectivity index is 5.14. The molecule has 0 aliphatic carbocycles. The highest BCUT2D eigenvalue weighted by Crippen LogP contribution is 2.28. The molecule has 4 nitrogen and oxygen atoms in total. The van der Waals surface area contributed by atoms with Crippen LogP contribution in [0.3, 0.4) is 0 Å². The highest BCUT2D eigenvalue weighted by molar-refractivity contribution is 14.2. The fourth-order valence-corrected chi connectivity index (χ4v) is 1.53. The van der Waals surface area contributed by atoms with Gasteiger partial charge in [-0.1, -0.05) is 0 Å². The summed E-state index contributed by atoms with van der Waals surface area (Å²) in [6.07, 6.45) is -1.22. The molecule has 0 unspecified atom stereocenters. The zero-order valence-corrected chi connectivity index (χ0v) is 12.1. The molecule has 0 atom stereocenters. The van der Waals surface area contributed by atoms with E-state index in [9.17, 15) is 13.6 Å². The summed E-state index contributed by atoms with van der Waals surface area (Å²) in [5.74, 6) is -1.77. The lowest BCUT2D eigenvalue weighted by atomic mass is 10.2. The molecule has 0 aromatic heterocycles. The molecule has 0 aromatic rings. The molecule has 0 aromatic carbocycles. The van der Waals surface area contributed by atoms with E-state index in [1.54, 1.807) is 35.1 Å². The van der Waals surface area contributed by atoms with Gasteiger partial charge in [0.25, 0.3) is 0 Å². The molecule has 0 aliphatic heterocycles. The molecule has 0 saturated heterocycles. The molecule has 98 valence electrons. The second-order valence-electron chi connectivity index (χ2n) is 2.44. The quantitative estimate of drug-likeness (QED) is 0.169. The van der Waals surface area contributed by atoms with Crippen molar-refractivity contribution in [2.24, 2.45) is 0 Å². The van der Waals surface area contributed by atoms with Crippen LogP contribution >= 0.6 is 30.4 Å². The molecule has 0 spiro atoms. The molecular weight excluding hydrogens is 369 g/mol. The minimum atomic E-state index is -2.12. The maximum atomic E-state index is 12.6. The van der Waals surface area contributed by atoms with Crippen LogP contribution < -0.4 is 0 Å². The van der Waals surface area contributed by atoms with E-state index in [1.165, 1.54) is 0 Å². The third-order valence-corrected chi connectivity index (χ3v) is 2.16. The van der Waals surface area contributed by atoms with Gasteiger partial charge in [0.2, 0.25) is 5.76 Å². The molecule has 0 rings (SSSR count). The van der Waals surface area contributed by atoms with Gasteiger partial charge in [0, 0.05) is 21.2 Å².